The van der Waals surface area contributed by atoms with Crippen LogP contribution in [0.2, 0.25) is 0 Å². The molecule has 4 heteroatoms. The van der Waals surface area contributed by atoms with Crippen molar-refractivity contribution in [1.82, 2.24) is 0 Å². The Morgan fingerprint density at radius 1 is 1.78 bits per heavy atom. The van der Waals surface area contributed by atoms with Crippen LogP contribution in [0.15, 0.2) is 28.2 Å². The molecule has 0 fully saturated rings. The van der Waals surface area contributed by atoms with E-state index in [1.807, 2.05) is 0 Å². The number of hydrogen-bond acceptors (Lipinski definition) is 3. The maximum atomic E-state index is 8.13. The highest BCUT2D eigenvalue weighted by atomic mass is 16.4. The van der Waals surface area contributed by atoms with E-state index in [2.05, 4.69) is 9.57 Å². The van der Waals surface area contributed by atoms with Gasteiger partial charge in [0.15, 0.2) is 5.84 Å². The van der Waals surface area contributed by atoms with Gasteiger partial charge in [-0.05, 0) is 6.07 Å². The summed E-state index contributed by atoms with van der Waals surface area (Å²) in [6, 6.07) is 1.61. The minimum Gasteiger partial charge on any atom is -0.472 e. The van der Waals surface area contributed by atoms with Crippen molar-refractivity contribution in [3.8, 4) is 0 Å². The number of hydrogen-bond donors (Lipinski definition) is 2. The van der Waals surface area contributed by atoms with Crippen LogP contribution in [-0.4, -0.2) is 11.0 Å². The Labute approximate surface area is 51.6 Å². The Morgan fingerprint density at radius 3 is 3.00 bits per heavy atom. The first-order valence-corrected chi connectivity index (χ1v) is 2.34. The summed E-state index contributed by atoms with van der Waals surface area (Å²) in [6.45, 7) is 0. The molecule has 1 aromatic rings. The number of oxime groups is 1. The van der Waals surface area contributed by atoms with E-state index in [9.17, 15) is 0 Å². The van der Waals surface area contributed by atoms with Gasteiger partial charge in [-0.15, -0.1) is 0 Å². The summed E-state index contributed by atoms with van der Waals surface area (Å²) in [5.41, 5.74) is 5.76. The van der Waals surface area contributed by atoms with E-state index in [0.717, 1.165) is 0 Å². The van der Waals surface area contributed by atoms with Crippen LogP contribution in [0.1, 0.15) is 5.56 Å². The van der Waals surface area contributed by atoms with Gasteiger partial charge in [-0.25, -0.2) is 0 Å². The third-order valence-corrected chi connectivity index (χ3v) is 0.925. The highest BCUT2D eigenvalue weighted by molar-refractivity contribution is 5.96. The van der Waals surface area contributed by atoms with Gasteiger partial charge in [-0.3, -0.25) is 0 Å². The fourth-order valence-electron chi connectivity index (χ4n) is 0.468. The van der Waals surface area contributed by atoms with E-state index in [1.165, 1.54) is 12.5 Å². The van der Waals surface area contributed by atoms with Gasteiger partial charge in [0, 0.05) is 0 Å². The van der Waals surface area contributed by atoms with Gasteiger partial charge < -0.3 is 15.4 Å². The van der Waals surface area contributed by atoms with Gasteiger partial charge >= 0.3 is 0 Å². The zero-order valence-corrected chi connectivity index (χ0v) is 4.61. The third-order valence-electron chi connectivity index (χ3n) is 0.925. The summed E-state index contributed by atoms with van der Waals surface area (Å²) in [5.74, 6) is 0.0590. The maximum absolute atomic E-state index is 8.13. The van der Waals surface area contributed by atoms with Crippen LogP contribution in [0.5, 0.6) is 0 Å². The predicted octanol–water partition coefficient (Wildman–Crippen LogP) is 0.374. The van der Waals surface area contributed by atoms with Gasteiger partial charge in [0.2, 0.25) is 0 Å². The maximum Gasteiger partial charge on any atom is 0.173 e. The number of furan rings is 1. The first kappa shape index (κ1) is 5.68. The molecule has 0 saturated heterocycles. The molecule has 0 aliphatic carbocycles. The van der Waals surface area contributed by atoms with Crippen LogP contribution in [-0.2, 0) is 0 Å². The molecule has 0 spiro atoms. The third kappa shape index (κ3) is 1.02. The summed E-state index contributed by atoms with van der Waals surface area (Å²) < 4.78 is 4.67. The van der Waals surface area contributed by atoms with Crippen LogP contribution >= 0.6 is 0 Å². The normalized spacial score (nSPS) is 11.8. The van der Waals surface area contributed by atoms with E-state index >= 15 is 0 Å². The largest absolute Gasteiger partial charge is 0.472 e. The second-order valence-corrected chi connectivity index (χ2v) is 1.50. The highest BCUT2D eigenvalue weighted by Crippen LogP contribution is 1.97. The molecule has 0 aliphatic heterocycles. The monoisotopic (exact) mass is 126 g/mol. The van der Waals surface area contributed by atoms with Gasteiger partial charge in [-0.1, -0.05) is 5.16 Å². The number of nitrogens with two attached hydrogens (primary N) is 1. The molecule has 0 bridgehead atoms. The molecular weight excluding hydrogens is 120 g/mol. The minimum atomic E-state index is 0.0590. The van der Waals surface area contributed by atoms with Crippen LogP contribution < -0.4 is 5.73 Å². The fourth-order valence-corrected chi connectivity index (χ4v) is 0.468. The lowest BCUT2D eigenvalue weighted by molar-refractivity contribution is 0.318. The second kappa shape index (κ2) is 2.21. The summed E-state index contributed by atoms with van der Waals surface area (Å²) in [6.07, 6.45) is 2.85. The van der Waals surface area contributed by atoms with E-state index < -0.39 is 0 Å². The van der Waals surface area contributed by atoms with Crippen LogP contribution in [0, 0.1) is 0 Å². The van der Waals surface area contributed by atoms with Crippen molar-refractivity contribution in [2.45, 2.75) is 0 Å². The topological polar surface area (TPSA) is 71.8 Å². The molecule has 0 amide bonds. The minimum absolute atomic E-state index is 0.0590. The van der Waals surface area contributed by atoms with Crippen molar-refractivity contribution in [2.75, 3.05) is 0 Å². The Morgan fingerprint density at radius 2 is 2.56 bits per heavy atom. The van der Waals surface area contributed by atoms with Crippen molar-refractivity contribution in [1.29, 1.82) is 0 Å². The molecule has 0 aromatic carbocycles. The average Bonchev–Trinajstić information content (AvgIpc) is 2.37. The molecule has 0 aliphatic rings. The first-order chi connectivity index (χ1) is 4.34. The SMILES string of the molecule is N/C(=N\O)c1ccoc1. The molecule has 0 atom stereocenters. The zero-order chi connectivity index (χ0) is 6.69. The average molecular weight is 126 g/mol. The summed E-state index contributed by atoms with van der Waals surface area (Å²) >= 11 is 0. The Kier molecular flexibility index (Phi) is 1.40. The molecule has 0 unspecified atom stereocenters. The number of rotatable bonds is 1. The van der Waals surface area contributed by atoms with Crippen molar-refractivity contribution in [3.63, 3.8) is 0 Å². The van der Waals surface area contributed by atoms with Crippen molar-refractivity contribution in [3.05, 3.63) is 24.2 Å². The first-order valence-electron chi connectivity index (χ1n) is 2.34. The number of amidine groups is 1. The highest BCUT2D eigenvalue weighted by Gasteiger charge is 1.96. The molecule has 1 rings (SSSR count). The number of nitrogens with zero attached hydrogens (tertiary/aromatic N) is 1. The summed E-state index contributed by atoms with van der Waals surface area (Å²) in [5, 5.41) is 10.9. The van der Waals surface area contributed by atoms with Crippen LogP contribution in [0.4, 0.5) is 0 Å². The zero-order valence-electron chi connectivity index (χ0n) is 4.61. The molecule has 1 heterocycles. The van der Waals surface area contributed by atoms with Crippen molar-refractivity contribution < 1.29 is 9.62 Å². The molecule has 0 saturated carbocycles. The molecule has 4 nitrogen and oxygen atoms in total. The smallest absolute Gasteiger partial charge is 0.173 e. The van der Waals surface area contributed by atoms with Gasteiger partial charge in [0.25, 0.3) is 0 Å². The van der Waals surface area contributed by atoms with Crippen molar-refractivity contribution >= 4 is 5.84 Å². The van der Waals surface area contributed by atoms with E-state index in [4.69, 9.17) is 10.9 Å². The standard InChI is InChI=1S/C5H6N2O2/c6-5(7-8)4-1-2-9-3-4/h1-3,8H,(H2,6,7). The summed E-state index contributed by atoms with van der Waals surface area (Å²) in [7, 11) is 0. The fraction of sp³-hybridized carbons (Fsp3) is 0. The van der Waals surface area contributed by atoms with Gasteiger partial charge in [0.05, 0.1) is 11.8 Å². The Hall–Kier alpha value is -1.45. The van der Waals surface area contributed by atoms with E-state index in [0.29, 0.717) is 5.56 Å². The molecule has 3 N–H and O–H groups in total. The Bertz CT molecular complexity index is 203. The van der Waals surface area contributed by atoms with Gasteiger partial charge in [-0.2, -0.15) is 0 Å². The lowest BCUT2D eigenvalue weighted by Gasteiger charge is -1.86. The lowest BCUT2D eigenvalue weighted by Crippen LogP contribution is -2.11. The van der Waals surface area contributed by atoms with Gasteiger partial charge in [0.1, 0.15) is 6.26 Å². The second-order valence-electron chi connectivity index (χ2n) is 1.50. The predicted molar refractivity (Wildman–Crippen MR) is 31.2 cm³/mol. The molecule has 9 heavy (non-hydrogen) atoms. The summed E-state index contributed by atoms with van der Waals surface area (Å²) in [4.78, 5) is 0. The molecule has 48 valence electrons. The van der Waals surface area contributed by atoms with Crippen LogP contribution in [0.25, 0.3) is 0 Å². The van der Waals surface area contributed by atoms with Crippen molar-refractivity contribution in [2.24, 2.45) is 10.9 Å². The molecular formula is C5H6N2O2. The quantitative estimate of drug-likeness (QED) is 0.247. The van der Waals surface area contributed by atoms with E-state index in [1.54, 1.807) is 6.07 Å². The van der Waals surface area contributed by atoms with E-state index in [-0.39, 0.29) is 5.84 Å². The van der Waals surface area contributed by atoms with Crippen LogP contribution in [0.3, 0.4) is 0 Å². The lowest BCUT2D eigenvalue weighted by atomic mass is 10.3. The Balaban J connectivity index is 2.90. The molecule has 1 aromatic heterocycles. The molecule has 0 radical (unpaired) electrons.